The molecule has 0 aliphatic carbocycles. The van der Waals surface area contributed by atoms with Crippen molar-refractivity contribution in [1.82, 2.24) is 15.0 Å². The summed E-state index contributed by atoms with van der Waals surface area (Å²) in [4.78, 5) is 14.0. The van der Waals surface area contributed by atoms with Gasteiger partial charge in [0.15, 0.2) is 5.82 Å². The third-order valence-corrected chi connectivity index (χ3v) is 3.03. The fourth-order valence-electron chi connectivity index (χ4n) is 1.29. The summed E-state index contributed by atoms with van der Waals surface area (Å²) in [6.45, 7) is 2.35. The zero-order valence-electron chi connectivity index (χ0n) is 9.97. The third kappa shape index (κ3) is 2.55. The van der Waals surface area contributed by atoms with Gasteiger partial charge in [-0.15, -0.1) is 11.3 Å². The number of anilines is 1. The lowest BCUT2D eigenvalue weighted by molar-refractivity contribution is 0.312. The predicted molar refractivity (Wildman–Crippen MR) is 68.6 cm³/mol. The molecule has 2 aromatic rings. The minimum Gasteiger partial charge on any atom is -0.464 e. The largest absolute Gasteiger partial charge is 0.464 e. The fraction of sp³-hybridized carbons (Fsp3) is 0.273. The molecule has 0 fully saturated rings. The summed E-state index contributed by atoms with van der Waals surface area (Å²) in [7, 11) is 1.73. The number of nitriles is 1. The lowest BCUT2D eigenvalue weighted by Crippen LogP contribution is -2.04. The molecule has 0 aromatic carbocycles. The Balaban J connectivity index is 2.43. The number of aromatic nitrogens is 3. The van der Waals surface area contributed by atoms with Gasteiger partial charge in [0.05, 0.1) is 11.5 Å². The summed E-state index contributed by atoms with van der Waals surface area (Å²) < 4.78 is 5.28. The van der Waals surface area contributed by atoms with Gasteiger partial charge < -0.3 is 10.1 Å². The molecule has 18 heavy (non-hydrogen) atoms. The summed E-state index contributed by atoms with van der Waals surface area (Å²) in [5, 5.41) is 11.7. The third-order valence-electron chi connectivity index (χ3n) is 2.05. The first-order valence-electron chi connectivity index (χ1n) is 5.33. The first-order chi connectivity index (χ1) is 8.76. The zero-order chi connectivity index (χ0) is 13.0. The van der Waals surface area contributed by atoms with Crippen LogP contribution in [0.1, 0.15) is 11.8 Å². The maximum absolute atomic E-state index is 8.81. The highest BCUT2D eigenvalue weighted by atomic mass is 32.1. The van der Waals surface area contributed by atoms with Gasteiger partial charge in [-0.1, -0.05) is 0 Å². The number of nitrogens with zero attached hydrogens (tertiary/aromatic N) is 4. The molecule has 0 radical (unpaired) electrons. The van der Waals surface area contributed by atoms with Gasteiger partial charge in [0.1, 0.15) is 10.9 Å². The van der Waals surface area contributed by atoms with Crippen molar-refractivity contribution < 1.29 is 4.74 Å². The number of hydrogen-bond donors (Lipinski definition) is 1. The van der Waals surface area contributed by atoms with Gasteiger partial charge in [0, 0.05) is 7.05 Å². The topological polar surface area (TPSA) is 83.7 Å². The highest BCUT2D eigenvalue weighted by molar-refractivity contribution is 7.15. The summed E-state index contributed by atoms with van der Waals surface area (Å²) >= 11 is 1.33. The van der Waals surface area contributed by atoms with Gasteiger partial charge in [0.25, 0.3) is 0 Å². The van der Waals surface area contributed by atoms with Crippen molar-refractivity contribution in [3.8, 4) is 22.8 Å². The van der Waals surface area contributed by atoms with E-state index >= 15 is 0 Å². The van der Waals surface area contributed by atoms with Crippen LogP contribution in [-0.4, -0.2) is 28.6 Å². The summed E-state index contributed by atoms with van der Waals surface area (Å²) in [6, 6.07) is 5.92. The number of thiophene rings is 1. The van der Waals surface area contributed by atoms with E-state index in [4.69, 9.17) is 10.00 Å². The quantitative estimate of drug-likeness (QED) is 0.905. The molecule has 0 aliphatic heterocycles. The van der Waals surface area contributed by atoms with E-state index in [0.29, 0.717) is 23.3 Å². The second-order valence-electron chi connectivity index (χ2n) is 3.22. The molecule has 1 N–H and O–H groups in total. The molecule has 2 heterocycles. The van der Waals surface area contributed by atoms with Gasteiger partial charge in [-0.2, -0.15) is 20.2 Å². The van der Waals surface area contributed by atoms with Crippen molar-refractivity contribution >= 4 is 17.3 Å². The van der Waals surface area contributed by atoms with Gasteiger partial charge in [0.2, 0.25) is 5.95 Å². The van der Waals surface area contributed by atoms with Crippen LogP contribution in [0, 0.1) is 11.3 Å². The maximum atomic E-state index is 8.81. The Labute approximate surface area is 108 Å². The van der Waals surface area contributed by atoms with E-state index in [9.17, 15) is 0 Å². The molecule has 0 atom stereocenters. The van der Waals surface area contributed by atoms with Gasteiger partial charge in [-0.05, 0) is 19.1 Å². The molecule has 7 heteroatoms. The number of rotatable bonds is 4. The van der Waals surface area contributed by atoms with E-state index < -0.39 is 0 Å². The van der Waals surface area contributed by atoms with Crippen molar-refractivity contribution in [2.45, 2.75) is 6.92 Å². The van der Waals surface area contributed by atoms with Gasteiger partial charge in [-0.25, -0.2) is 0 Å². The Bertz CT molecular complexity index is 589. The molecule has 2 rings (SSSR count). The Kier molecular flexibility index (Phi) is 3.69. The molecular weight excluding hydrogens is 250 g/mol. The van der Waals surface area contributed by atoms with E-state index in [1.54, 1.807) is 13.1 Å². The SMILES string of the molecule is CCOc1nc(NC)nc(-c2ccc(C#N)s2)n1. The molecule has 0 bridgehead atoms. The van der Waals surface area contributed by atoms with Crippen LogP contribution in [0.3, 0.4) is 0 Å². The van der Waals surface area contributed by atoms with Crippen LogP contribution in [-0.2, 0) is 0 Å². The first-order valence-corrected chi connectivity index (χ1v) is 6.15. The molecular formula is C11H11N5OS. The highest BCUT2D eigenvalue weighted by Gasteiger charge is 2.10. The smallest absolute Gasteiger partial charge is 0.321 e. The van der Waals surface area contributed by atoms with Crippen molar-refractivity contribution in [2.75, 3.05) is 19.0 Å². The first kappa shape index (κ1) is 12.3. The highest BCUT2D eigenvalue weighted by Crippen LogP contribution is 2.26. The van der Waals surface area contributed by atoms with E-state index in [-0.39, 0.29) is 6.01 Å². The standard InChI is InChI=1S/C11H11N5OS/c1-3-17-11-15-9(14-10(13-2)16-11)8-5-4-7(6-12)18-8/h4-5H,3H2,1-2H3,(H,13,14,15,16). The second-order valence-corrected chi connectivity index (χ2v) is 4.31. The molecule has 0 spiro atoms. The number of nitrogens with one attached hydrogen (secondary N) is 1. The predicted octanol–water partition coefficient (Wildman–Crippen LogP) is 1.91. The molecule has 0 saturated heterocycles. The van der Waals surface area contributed by atoms with E-state index in [0.717, 1.165) is 4.88 Å². The lowest BCUT2D eigenvalue weighted by Gasteiger charge is -2.05. The minimum atomic E-state index is 0.277. The Morgan fingerprint density at radius 2 is 2.22 bits per heavy atom. The average molecular weight is 261 g/mol. The Morgan fingerprint density at radius 1 is 1.39 bits per heavy atom. The van der Waals surface area contributed by atoms with Crippen molar-refractivity contribution in [2.24, 2.45) is 0 Å². The van der Waals surface area contributed by atoms with E-state index in [1.165, 1.54) is 11.3 Å². The van der Waals surface area contributed by atoms with Crippen LogP contribution in [0.2, 0.25) is 0 Å². The van der Waals surface area contributed by atoms with Crippen LogP contribution in [0.5, 0.6) is 6.01 Å². The van der Waals surface area contributed by atoms with Crippen molar-refractivity contribution in [3.63, 3.8) is 0 Å². The van der Waals surface area contributed by atoms with Crippen LogP contribution >= 0.6 is 11.3 Å². The number of hydrogen-bond acceptors (Lipinski definition) is 7. The monoisotopic (exact) mass is 261 g/mol. The normalized spacial score (nSPS) is 9.83. The summed E-state index contributed by atoms with van der Waals surface area (Å²) in [5.74, 6) is 0.944. The molecule has 2 aromatic heterocycles. The fourth-order valence-corrected chi connectivity index (χ4v) is 2.03. The minimum absolute atomic E-state index is 0.277. The zero-order valence-corrected chi connectivity index (χ0v) is 10.8. The number of ether oxygens (including phenoxy) is 1. The van der Waals surface area contributed by atoms with Crippen LogP contribution in [0.25, 0.3) is 10.7 Å². The van der Waals surface area contributed by atoms with Crippen LogP contribution < -0.4 is 10.1 Å². The van der Waals surface area contributed by atoms with Gasteiger partial charge in [-0.3, -0.25) is 0 Å². The van der Waals surface area contributed by atoms with Crippen LogP contribution in [0.15, 0.2) is 12.1 Å². The molecule has 0 saturated carbocycles. The lowest BCUT2D eigenvalue weighted by atomic mass is 10.4. The molecule has 0 unspecified atom stereocenters. The summed E-state index contributed by atoms with van der Waals surface area (Å²) in [6.07, 6.45) is 0. The van der Waals surface area contributed by atoms with E-state index in [2.05, 4.69) is 26.3 Å². The molecule has 6 nitrogen and oxygen atoms in total. The van der Waals surface area contributed by atoms with Gasteiger partial charge >= 0.3 is 6.01 Å². The molecule has 0 aliphatic rings. The average Bonchev–Trinajstić information content (AvgIpc) is 2.87. The maximum Gasteiger partial charge on any atom is 0.321 e. The van der Waals surface area contributed by atoms with Crippen LogP contribution in [0.4, 0.5) is 5.95 Å². The second kappa shape index (κ2) is 5.42. The van der Waals surface area contributed by atoms with Crippen molar-refractivity contribution in [1.29, 1.82) is 5.26 Å². The van der Waals surface area contributed by atoms with Crippen molar-refractivity contribution in [3.05, 3.63) is 17.0 Å². The van der Waals surface area contributed by atoms with E-state index in [1.807, 2.05) is 13.0 Å². The molecule has 92 valence electrons. The Hall–Kier alpha value is -2.20. The summed E-state index contributed by atoms with van der Waals surface area (Å²) in [5.41, 5.74) is 0. The molecule has 0 amide bonds. The Morgan fingerprint density at radius 3 is 2.83 bits per heavy atom.